The minimum Gasteiger partial charge on any atom is -0.326 e. The molecule has 0 radical (unpaired) electrons. The first-order valence-electron chi connectivity index (χ1n) is 5.83. The van der Waals surface area contributed by atoms with Gasteiger partial charge in [-0.25, -0.2) is 13.1 Å². The van der Waals surface area contributed by atoms with Gasteiger partial charge in [-0.05, 0) is 30.4 Å². The van der Waals surface area contributed by atoms with E-state index in [0.717, 1.165) is 17.7 Å². The normalized spacial score (nSPS) is 13.5. The summed E-state index contributed by atoms with van der Waals surface area (Å²) in [6.07, 6.45) is 2.74. The van der Waals surface area contributed by atoms with E-state index < -0.39 is 10.0 Å². The molecule has 0 aliphatic heterocycles. The van der Waals surface area contributed by atoms with Crippen molar-refractivity contribution in [1.82, 2.24) is 4.72 Å². The average Bonchev–Trinajstić information content (AvgIpc) is 2.38. The van der Waals surface area contributed by atoms with Crippen molar-refractivity contribution < 1.29 is 8.42 Å². The van der Waals surface area contributed by atoms with Gasteiger partial charge in [-0.3, -0.25) is 0 Å². The van der Waals surface area contributed by atoms with Gasteiger partial charge in [0.2, 0.25) is 10.0 Å². The van der Waals surface area contributed by atoms with Crippen LogP contribution in [0, 0.1) is 0 Å². The van der Waals surface area contributed by atoms with Crippen molar-refractivity contribution in [1.29, 1.82) is 0 Å². The van der Waals surface area contributed by atoms with Crippen molar-refractivity contribution in [3.63, 3.8) is 0 Å². The summed E-state index contributed by atoms with van der Waals surface area (Å²) in [6, 6.07) is 6.71. The van der Waals surface area contributed by atoms with Gasteiger partial charge in [0.15, 0.2) is 0 Å². The molecule has 1 rings (SSSR count). The number of hydrogen-bond donors (Lipinski definition) is 2. The van der Waals surface area contributed by atoms with E-state index in [1.807, 2.05) is 19.2 Å². The lowest BCUT2D eigenvalue weighted by Gasteiger charge is -2.16. The molecule has 0 saturated heterocycles. The molecule has 0 bridgehead atoms. The highest BCUT2D eigenvalue weighted by Crippen LogP contribution is 2.13. The molecule has 1 aromatic rings. The van der Waals surface area contributed by atoms with Crippen molar-refractivity contribution in [2.75, 3.05) is 12.0 Å². The number of nitrogens with one attached hydrogen (secondary N) is 1. The lowest BCUT2D eigenvalue weighted by Crippen LogP contribution is -2.36. The average molecular weight is 288 g/mol. The second-order valence-corrected chi connectivity index (χ2v) is 6.66. The number of sulfonamides is 1. The van der Waals surface area contributed by atoms with Crippen molar-refractivity contribution >= 4 is 21.8 Å². The molecule has 0 saturated carbocycles. The number of thioether (sulfide) groups is 1. The second kappa shape index (κ2) is 7.13. The van der Waals surface area contributed by atoms with Crippen LogP contribution < -0.4 is 10.5 Å². The summed E-state index contributed by atoms with van der Waals surface area (Å²) in [5.74, 6) is 0.770. The van der Waals surface area contributed by atoms with Crippen LogP contribution in [0.5, 0.6) is 0 Å². The maximum absolute atomic E-state index is 12.2. The van der Waals surface area contributed by atoms with E-state index in [4.69, 9.17) is 5.73 Å². The Kier molecular flexibility index (Phi) is 6.14. The van der Waals surface area contributed by atoms with Crippen LogP contribution >= 0.6 is 11.8 Å². The lowest BCUT2D eigenvalue weighted by molar-refractivity contribution is 0.558. The Morgan fingerprint density at radius 2 is 2.17 bits per heavy atom. The lowest BCUT2D eigenvalue weighted by atomic mass is 10.2. The Labute approximate surface area is 113 Å². The van der Waals surface area contributed by atoms with E-state index >= 15 is 0 Å². The van der Waals surface area contributed by atoms with Gasteiger partial charge in [0.1, 0.15) is 0 Å². The van der Waals surface area contributed by atoms with E-state index in [2.05, 4.69) is 4.72 Å². The maximum atomic E-state index is 12.2. The van der Waals surface area contributed by atoms with Crippen LogP contribution in [-0.4, -0.2) is 26.5 Å². The Balaban J connectivity index is 2.91. The van der Waals surface area contributed by atoms with Gasteiger partial charge in [-0.2, -0.15) is 11.8 Å². The Morgan fingerprint density at radius 3 is 2.72 bits per heavy atom. The summed E-state index contributed by atoms with van der Waals surface area (Å²) in [5, 5.41) is 0. The van der Waals surface area contributed by atoms with Crippen LogP contribution in [-0.2, 0) is 16.6 Å². The van der Waals surface area contributed by atoms with Crippen molar-refractivity contribution in [2.45, 2.75) is 30.8 Å². The van der Waals surface area contributed by atoms with E-state index in [1.54, 1.807) is 30.0 Å². The summed E-state index contributed by atoms with van der Waals surface area (Å²) in [7, 11) is -3.45. The zero-order valence-corrected chi connectivity index (χ0v) is 12.4. The molecule has 0 fully saturated rings. The summed E-state index contributed by atoms with van der Waals surface area (Å²) < 4.78 is 27.1. The van der Waals surface area contributed by atoms with E-state index in [9.17, 15) is 8.42 Å². The quantitative estimate of drug-likeness (QED) is 0.799. The first kappa shape index (κ1) is 15.5. The van der Waals surface area contributed by atoms with Gasteiger partial charge >= 0.3 is 0 Å². The Bertz CT molecular complexity index is 475. The monoisotopic (exact) mass is 288 g/mol. The molecule has 1 aromatic carbocycles. The standard InChI is InChI=1S/C12H20N2O2S2/c1-3-11(9-17-2)14-18(15,16)12-6-4-5-10(7-12)8-13/h4-7,11,14H,3,8-9,13H2,1-2H3. The third-order valence-electron chi connectivity index (χ3n) is 2.63. The summed E-state index contributed by atoms with van der Waals surface area (Å²) in [4.78, 5) is 0.282. The first-order valence-corrected chi connectivity index (χ1v) is 8.71. The van der Waals surface area contributed by atoms with Crippen LogP contribution in [0.1, 0.15) is 18.9 Å². The predicted molar refractivity (Wildman–Crippen MR) is 77.1 cm³/mol. The van der Waals surface area contributed by atoms with E-state index in [0.29, 0.717) is 6.54 Å². The number of benzene rings is 1. The van der Waals surface area contributed by atoms with Gasteiger partial charge in [-0.1, -0.05) is 19.1 Å². The van der Waals surface area contributed by atoms with Crippen LogP contribution in [0.15, 0.2) is 29.2 Å². The molecule has 0 spiro atoms. The molecule has 0 heterocycles. The molecule has 0 aliphatic rings. The Morgan fingerprint density at radius 1 is 1.44 bits per heavy atom. The molecular weight excluding hydrogens is 268 g/mol. The van der Waals surface area contributed by atoms with Gasteiger partial charge < -0.3 is 5.73 Å². The zero-order chi connectivity index (χ0) is 13.6. The van der Waals surface area contributed by atoms with Crippen LogP contribution in [0.3, 0.4) is 0 Å². The minimum absolute atomic E-state index is 0.0356. The summed E-state index contributed by atoms with van der Waals surface area (Å²) in [5.41, 5.74) is 6.33. The molecule has 6 heteroatoms. The molecule has 18 heavy (non-hydrogen) atoms. The Hall–Kier alpha value is -0.560. The van der Waals surface area contributed by atoms with Gasteiger partial charge in [0.05, 0.1) is 4.90 Å². The fourth-order valence-electron chi connectivity index (χ4n) is 1.56. The van der Waals surface area contributed by atoms with Crippen molar-refractivity contribution in [3.05, 3.63) is 29.8 Å². The molecule has 1 unspecified atom stereocenters. The number of rotatable bonds is 7. The highest BCUT2D eigenvalue weighted by Gasteiger charge is 2.18. The van der Waals surface area contributed by atoms with Crippen molar-refractivity contribution in [3.8, 4) is 0 Å². The topological polar surface area (TPSA) is 72.2 Å². The SMILES string of the molecule is CCC(CSC)NS(=O)(=O)c1cccc(CN)c1. The van der Waals surface area contributed by atoms with Gasteiger partial charge in [0.25, 0.3) is 0 Å². The molecule has 0 amide bonds. The highest BCUT2D eigenvalue weighted by atomic mass is 32.2. The number of hydrogen-bond acceptors (Lipinski definition) is 4. The molecule has 0 aromatic heterocycles. The van der Waals surface area contributed by atoms with Crippen LogP contribution in [0.4, 0.5) is 0 Å². The van der Waals surface area contributed by atoms with Crippen LogP contribution in [0.2, 0.25) is 0 Å². The summed E-state index contributed by atoms with van der Waals surface area (Å²) >= 11 is 1.63. The van der Waals surface area contributed by atoms with Gasteiger partial charge in [-0.15, -0.1) is 0 Å². The fraction of sp³-hybridized carbons (Fsp3) is 0.500. The van der Waals surface area contributed by atoms with Crippen molar-refractivity contribution in [2.24, 2.45) is 5.73 Å². The molecule has 0 aliphatic carbocycles. The second-order valence-electron chi connectivity index (χ2n) is 4.03. The van der Waals surface area contributed by atoms with Gasteiger partial charge in [0, 0.05) is 18.3 Å². The highest BCUT2D eigenvalue weighted by molar-refractivity contribution is 7.98. The van der Waals surface area contributed by atoms with Crippen LogP contribution in [0.25, 0.3) is 0 Å². The third-order valence-corrected chi connectivity index (χ3v) is 4.88. The molecule has 3 N–H and O–H groups in total. The predicted octanol–water partition coefficient (Wildman–Crippen LogP) is 1.57. The third kappa shape index (κ3) is 4.28. The maximum Gasteiger partial charge on any atom is 0.240 e. The first-order chi connectivity index (χ1) is 8.53. The van der Waals surface area contributed by atoms with E-state index in [1.165, 1.54) is 0 Å². The number of nitrogens with two attached hydrogens (primary N) is 1. The molecule has 102 valence electrons. The molecule has 4 nitrogen and oxygen atoms in total. The fourth-order valence-corrected chi connectivity index (χ4v) is 3.78. The molecular formula is C12H20N2O2S2. The summed E-state index contributed by atoms with van der Waals surface area (Å²) in [6.45, 7) is 2.31. The largest absolute Gasteiger partial charge is 0.326 e. The zero-order valence-electron chi connectivity index (χ0n) is 10.7. The minimum atomic E-state index is -3.45. The van der Waals surface area contributed by atoms with E-state index in [-0.39, 0.29) is 10.9 Å². The molecule has 1 atom stereocenters. The smallest absolute Gasteiger partial charge is 0.240 e.